The molecule has 0 aromatic carbocycles. The van der Waals surface area contributed by atoms with Gasteiger partial charge in [-0.1, -0.05) is 30.4 Å². The molecule has 2 unspecified atom stereocenters. The number of carbonyl (C=O) groups excluding carboxylic acids is 4. The molecule has 2 aliphatic heterocycles. The number of carbonyl (C=O) groups is 4. The quantitative estimate of drug-likeness (QED) is 0.190. The van der Waals surface area contributed by atoms with Gasteiger partial charge in [0.2, 0.25) is 0 Å². The van der Waals surface area contributed by atoms with Crippen LogP contribution in [0.2, 0.25) is 0 Å². The molecule has 11 nitrogen and oxygen atoms in total. The lowest BCUT2D eigenvalue weighted by atomic mass is 9.89. The van der Waals surface area contributed by atoms with E-state index in [1.165, 1.54) is 12.3 Å². The third kappa shape index (κ3) is 6.05. The van der Waals surface area contributed by atoms with Crippen LogP contribution < -0.4 is 5.32 Å². The molecule has 0 radical (unpaired) electrons. The molecule has 0 bridgehead atoms. The van der Waals surface area contributed by atoms with E-state index < -0.39 is 38.5 Å². The number of amides is 2. The molecular formula is C21H23N3O8S. The Labute approximate surface area is 190 Å². The summed E-state index contributed by atoms with van der Waals surface area (Å²) in [5.74, 6) is -1.41. The second-order valence-electron chi connectivity index (χ2n) is 7.88. The molecule has 33 heavy (non-hydrogen) atoms. The van der Waals surface area contributed by atoms with Crippen LogP contribution in [0.5, 0.6) is 0 Å². The minimum atomic E-state index is -4.12. The topological polar surface area (TPSA) is 160 Å². The predicted octanol–water partition coefficient (Wildman–Crippen LogP) is -0.0643. The Bertz CT molecular complexity index is 1050. The van der Waals surface area contributed by atoms with Crippen LogP contribution >= 0.6 is 0 Å². The first-order valence-corrected chi connectivity index (χ1v) is 11.7. The van der Waals surface area contributed by atoms with Gasteiger partial charge in [-0.3, -0.25) is 24.0 Å². The van der Waals surface area contributed by atoms with Gasteiger partial charge in [0, 0.05) is 32.1 Å². The Hall–Kier alpha value is -3.06. The van der Waals surface area contributed by atoms with Crippen LogP contribution in [0, 0.1) is 10.8 Å². The summed E-state index contributed by atoms with van der Waals surface area (Å²) >= 11 is 0. The van der Waals surface area contributed by atoms with Crippen molar-refractivity contribution in [2.24, 2.45) is 15.8 Å². The molecule has 1 aliphatic carbocycles. The van der Waals surface area contributed by atoms with E-state index >= 15 is 0 Å². The lowest BCUT2D eigenvalue weighted by molar-refractivity contribution is -0.192. The van der Waals surface area contributed by atoms with Crippen molar-refractivity contribution in [3.63, 3.8) is 0 Å². The molecule has 176 valence electrons. The van der Waals surface area contributed by atoms with E-state index in [2.05, 4.69) is 10.3 Å². The van der Waals surface area contributed by atoms with Gasteiger partial charge in [-0.05, 0) is 11.6 Å². The predicted molar refractivity (Wildman–Crippen MR) is 116 cm³/mol. The van der Waals surface area contributed by atoms with Gasteiger partial charge in [0.15, 0.2) is 0 Å². The number of nitrogens with one attached hydrogen (secondary N) is 1. The van der Waals surface area contributed by atoms with Gasteiger partial charge in [0.1, 0.15) is 12.6 Å². The Morgan fingerprint density at radius 3 is 2.27 bits per heavy atom. The molecule has 0 aromatic rings. The Morgan fingerprint density at radius 1 is 1.06 bits per heavy atom. The number of imide groups is 1. The fourth-order valence-electron chi connectivity index (χ4n) is 3.26. The van der Waals surface area contributed by atoms with Crippen molar-refractivity contribution < 1.29 is 37.0 Å². The highest BCUT2D eigenvalue weighted by Crippen LogP contribution is 2.30. The van der Waals surface area contributed by atoms with Crippen molar-refractivity contribution in [2.75, 3.05) is 25.4 Å². The fraction of sp³-hybridized carbons (Fsp3) is 0.381. The summed E-state index contributed by atoms with van der Waals surface area (Å²) in [5, 5.41) is 3.49. The molecule has 1 saturated heterocycles. The van der Waals surface area contributed by atoms with Crippen LogP contribution in [-0.2, 0) is 34.1 Å². The number of hydrogen-bond donors (Lipinski definition) is 2. The van der Waals surface area contributed by atoms with Crippen molar-refractivity contribution in [2.45, 2.75) is 12.8 Å². The molecule has 2 heterocycles. The third-order valence-electron chi connectivity index (χ3n) is 5.29. The lowest BCUT2D eigenvalue weighted by Crippen LogP contribution is -2.37. The number of hydrogen-bond acceptors (Lipinski definition) is 9. The highest BCUT2D eigenvalue weighted by molar-refractivity contribution is 7.85. The minimum Gasteiger partial charge on any atom is -0.314 e. The number of rotatable bonds is 10. The molecule has 3 rings (SSSR count). The Kier molecular flexibility index (Phi) is 7.32. The van der Waals surface area contributed by atoms with E-state index in [4.69, 9.17) is 9.39 Å². The van der Waals surface area contributed by atoms with Crippen molar-refractivity contribution in [3.05, 3.63) is 47.7 Å². The van der Waals surface area contributed by atoms with E-state index in [1.807, 2.05) is 0 Å². The van der Waals surface area contributed by atoms with Crippen LogP contribution in [0.1, 0.15) is 12.8 Å². The normalized spacial score (nSPS) is 27.0. The standard InChI is InChI=1S/C21H23N3O8S/c25-13-20(15-32-24-18(27)1-2-19(24)28)6-3-16-4-7-21(14-26,12-23-17(16)5-8-20)11-22-9-10-33(29,30)31/h3-8,12-14,22H,1-2,9-11,15H2,(H,29,30,31). The highest BCUT2D eigenvalue weighted by atomic mass is 32.2. The Balaban J connectivity index is 1.71. The number of nitrogens with zero attached hydrogens (tertiary/aromatic N) is 2. The van der Waals surface area contributed by atoms with Gasteiger partial charge in [-0.25, -0.2) is 0 Å². The van der Waals surface area contributed by atoms with E-state index in [0.717, 1.165) is 0 Å². The van der Waals surface area contributed by atoms with Gasteiger partial charge in [0.25, 0.3) is 21.9 Å². The summed E-state index contributed by atoms with van der Waals surface area (Å²) in [6, 6.07) is 0. The Morgan fingerprint density at radius 2 is 1.67 bits per heavy atom. The molecule has 1 fully saturated rings. The van der Waals surface area contributed by atoms with Crippen LogP contribution in [0.3, 0.4) is 0 Å². The van der Waals surface area contributed by atoms with Gasteiger partial charge >= 0.3 is 0 Å². The minimum absolute atomic E-state index is 0.0487. The number of aliphatic imine (C=N–C) groups is 1. The summed E-state index contributed by atoms with van der Waals surface area (Å²) in [4.78, 5) is 56.8. The first kappa shape index (κ1) is 24.6. The van der Waals surface area contributed by atoms with Crippen molar-refractivity contribution in [3.8, 4) is 0 Å². The molecule has 0 spiro atoms. The van der Waals surface area contributed by atoms with E-state index in [-0.39, 0.29) is 32.5 Å². The van der Waals surface area contributed by atoms with Crippen LogP contribution in [0.25, 0.3) is 0 Å². The summed E-state index contributed by atoms with van der Waals surface area (Å²) in [6.45, 7) is -0.248. The van der Waals surface area contributed by atoms with Gasteiger partial charge in [0.05, 0.1) is 28.9 Å². The SMILES string of the molecule is O=CC1(CNCCS(=O)(=O)O)C=CC2=C(C=CC(C=O)(CON3C(=O)CCC3=O)C=C2)N=C1. The zero-order valence-corrected chi connectivity index (χ0v) is 18.4. The number of hydroxylamine groups is 2. The third-order valence-corrected chi connectivity index (χ3v) is 6.01. The largest absolute Gasteiger partial charge is 0.314 e. The molecular weight excluding hydrogens is 454 g/mol. The average Bonchev–Trinajstić information content (AvgIpc) is 2.94. The first-order chi connectivity index (χ1) is 15.6. The molecule has 12 heteroatoms. The molecule has 0 saturated carbocycles. The van der Waals surface area contributed by atoms with Gasteiger partial charge in [-0.2, -0.15) is 13.5 Å². The summed E-state index contributed by atoms with van der Waals surface area (Å²) in [6.07, 6.45) is 12.4. The zero-order valence-electron chi connectivity index (χ0n) is 17.5. The van der Waals surface area contributed by atoms with Crippen LogP contribution in [0.15, 0.2) is 52.7 Å². The zero-order chi connectivity index (χ0) is 24.1. The molecule has 2 amide bonds. The first-order valence-electron chi connectivity index (χ1n) is 10.1. The summed E-state index contributed by atoms with van der Waals surface area (Å²) < 4.78 is 30.5. The maximum Gasteiger partial charge on any atom is 0.266 e. The number of allylic oxidation sites excluding steroid dienone is 4. The average molecular weight is 477 g/mol. The number of aldehydes is 2. The smallest absolute Gasteiger partial charge is 0.266 e. The molecule has 3 aliphatic rings. The maximum absolute atomic E-state index is 11.9. The van der Waals surface area contributed by atoms with Gasteiger partial charge < -0.3 is 14.9 Å². The summed E-state index contributed by atoms with van der Waals surface area (Å²) in [5.41, 5.74) is -1.32. The molecule has 2 atom stereocenters. The van der Waals surface area contributed by atoms with E-state index in [0.29, 0.717) is 28.9 Å². The highest BCUT2D eigenvalue weighted by Gasteiger charge is 2.34. The molecule has 0 aromatic heterocycles. The summed E-state index contributed by atoms with van der Waals surface area (Å²) in [7, 11) is -4.12. The van der Waals surface area contributed by atoms with Crippen LogP contribution in [0.4, 0.5) is 0 Å². The monoisotopic (exact) mass is 477 g/mol. The fourth-order valence-corrected chi connectivity index (χ4v) is 3.66. The second-order valence-corrected chi connectivity index (χ2v) is 9.45. The molecule has 2 N–H and O–H groups in total. The van der Waals surface area contributed by atoms with Crippen molar-refractivity contribution >= 4 is 40.7 Å². The van der Waals surface area contributed by atoms with Gasteiger partial charge in [-0.15, -0.1) is 0 Å². The maximum atomic E-state index is 11.9. The van der Waals surface area contributed by atoms with Crippen molar-refractivity contribution in [1.82, 2.24) is 10.4 Å². The lowest BCUT2D eigenvalue weighted by Gasteiger charge is -2.22. The van der Waals surface area contributed by atoms with Crippen LogP contribution in [-0.4, -0.2) is 74.1 Å². The van der Waals surface area contributed by atoms with Crippen molar-refractivity contribution in [1.29, 1.82) is 0 Å². The van der Waals surface area contributed by atoms with E-state index in [1.54, 1.807) is 30.4 Å². The van der Waals surface area contributed by atoms with E-state index in [9.17, 15) is 27.6 Å². The second kappa shape index (κ2) is 9.83.